The molecular formula is C31H40O. The molecule has 1 heteroatoms. The number of aromatic hydroxyl groups is 1. The summed E-state index contributed by atoms with van der Waals surface area (Å²) in [5, 5.41) is 11.5. The number of allylic oxidation sites excluding steroid dienone is 4. The lowest BCUT2D eigenvalue weighted by atomic mass is 9.77. The highest BCUT2D eigenvalue weighted by molar-refractivity contribution is 5.77. The molecule has 4 rings (SSSR count). The zero-order valence-electron chi connectivity index (χ0n) is 21.2. The summed E-state index contributed by atoms with van der Waals surface area (Å²) < 4.78 is 0. The van der Waals surface area contributed by atoms with E-state index >= 15 is 0 Å². The Kier molecular flexibility index (Phi) is 5.68. The standard InChI is InChI=1S/C31H40O/c1-19-13-21-15-23(16-22(21)14-20(19)2)25-11-9-10-12-26(25)27-17-24(30(3,4)5)18-28(29(27)32)31(6,7)8/h9-14,17-18,21-23,32H,15-16H2,1-8H3. The quantitative estimate of drug-likeness (QED) is 0.507. The van der Waals surface area contributed by atoms with Crippen LogP contribution in [0.2, 0.25) is 0 Å². The molecule has 2 unspecified atom stereocenters. The Labute approximate surface area is 195 Å². The van der Waals surface area contributed by atoms with Crippen molar-refractivity contribution in [1.29, 1.82) is 0 Å². The van der Waals surface area contributed by atoms with E-state index in [1.165, 1.54) is 40.7 Å². The molecule has 2 atom stereocenters. The molecule has 0 saturated heterocycles. The lowest BCUT2D eigenvalue weighted by molar-refractivity contribution is 0.446. The highest BCUT2D eigenvalue weighted by Gasteiger charge is 2.36. The molecule has 0 radical (unpaired) electrons. The van der Waals surface area contributed by atoms with Crippen molar-refractivity contribution in [3.05, 3.63) is 76.4 Å². The van der Waals surface area contributed by atoms with E-state index in [1.807, 2.05) is 0 Å². The lowest BCUT2D eigenvalue weighted by Gasteiger charge is -2.28. The first-order valence-corrected chi connectivity index (χ1v) is 12.2. The minimum atomic E-state index is -0.123. The molecule has 1 nitrogen and oxygen atoms in total. The van der Waals surface area contributed by atoms with Gasteiger partial charge in [0.15, 0.2) is 0 Å². The molecule has 1 saturated carbocycles. The summed E-state index contributed by atoms with van der Waals surface area (Å²) in [6, 6.07) is 13.2. The molecule has 0 heterocycles. The average Bonchev–Trinajstić information content (AvgIpc) is 3.09. The van der Waals surface area contributed by atoms with Gasteiger partial charge in [-0.3, -0.25) is 0 Å². The number of phenolic OH excluding ortho intramolecular Hbond substituents is 1. The van der Waals surface area contributed by atoms with Gasteiger partial charge in [-0.25, -0.2) is 0 Å². The van der Waals surface area contributed by atoms with E-state index in [-0.39, 0.29) is 10.8 Å². The number of benzene rings is 2. The van der Waals surface area contributed by atoms with Crippen molar-refractivity contribution in [3.63, 3.8) is 0 Å². The Hall–Kier alpha value is -2.28. The summed E-state index contributed by atoms with van der Waals surface area (Å²) in [7, 11) is 0. The normalized spacial score (nSPS) is 23.6. The van der Waals surface area contributed by atoms with Gasteiger partial charge in [0.1, 0.15) is 5.75 Å². The maximum Gasteiger partial charge on any atom is 0.127 e. The molecule has 1 fully saturated rings. The molecule has 1 N–H and O–H groups in total. The van der Waals surface area contributed by atoms with E-state index in [0.29, 0.717) is 23.5 Å². The molecule has 2 aromatic rings. The van der Waals surface area contributed by atoms with Crippen LogP contribution in [0.4, 0.5) is 0 Å². The van der Waals surface area contributed by atoms with Crippen LogP contribution in [0.3, 0.4) is 0 Å². The maximum absolute atomic E-state index is 11.5. The summed E-state index contributed by atoms with van der Waals surface area (Å²) in [5.74, 6) is 2.23. The molecule has 2 aromatic carbocycles. The third-order valence-electron chi connectivity index (χ3n) is 7.69. The van der Waals surface area contributed by atoms with Crippen molar-refractivity contribution in [2.45, 2.75) is 85.0 Å². The second-order valence-corrected chi connectivity index (χ2v) is 12.2. The number of hydrogen-bond acceptors (Lipinski definition) is 1. The number of phenols is 1. The Morgan fingerprint density at radius 2 is 1.31 bits per heavy atom. The van der Waals surface area contributed by atoms with E-state index < -0.39 is 0 Å². The summed E-state index contributed by atoms with van der Waals surface area (Å²) in [4.78, 5) is 0. The monoisotopic (exact) mass is 428 g/mol. The smallest absolute Gasteiger partial charge is 0.127 e. The van der Waals surface area contributed by atoms with Gasteiger partial charge in [-0.1, -0.05) is 95.2 Å². The van der Waals surface area contributed by atoms with Crippen LogP contribution in [0.15, 0.2) is 59.7 Å². The number of hydrogen-bond donors (Lipinski definition) is 1. The van der Waals surface area contributed by atoms with Gasteiger partial charge in [0.2, 0.25) is 0 Å². The maximum atomic E-state index is 11.5. The van der Waals surface area contributed by atoms with E-state index in [9.17, 15) is 5.11 Å². The SMILES string of the molecule is CC1=CC2CC(c3ccccc3-c3cc(C(C)(C)C)cc(C(C)(C)C)c3O)CC2C=C1C. The van der Waals surface area contributed by atoms with Crippen LogP contribution >= 0.6 is 0 Å². The number of rotatable bonds is 2. The summed E-state index contributed by atoms with van der Waals surface area (Å²) in [5.41, 5.74) is 8.66. The first-order valence-electron chi connectivity index (χ1n) is 12.2. The van der Waals surface area contributed by atoms with E-state index in [0.717, 1.165) is 11.1 Å². The van der Waals surface area contributed by atoms with Crippen LogP contribution in [-0.4, -0.2) is 5.11 Å². The second kappa shape index (κ2) is 7.94. The van der Waals surface area contributed by atoms with Crippen molar-refractivity contribution in [2.75, 3.05) is 0 Å². The molecule has 2 aliphatic carbocycles. The van der Waals surface area contributed by atoms with Crippen molar-refractivity contribution in [2.24, 2.45) is 11.8 Å². The largest absolute Gasteiger partial charge is 0.507 e. The predicted octanol–water partition coefficient (Wildman–Crippen LogP) is 8.67. The molecule has 2 aliphatic rings. The van der Waals surface area contributed by atoms with Gasteiger partial charge in [-0.2, -0.15) is 0 Å². The van der Waals surface area contributed by atoms with Crippen LogP contribution < -0.4 is 0 Å². The fourth-order valence-electron chi connectivity index (χ4n) is 5.59. The summed E-state index contributed by atoms with van der Waals surface area (Å²) in [6.45, 7) is 17.8. The van der Waals surface area contributed by atoms with E-state index in [1.54, 1.807) is 0 Å². The highest BCUT2D eigenvalue weighted by Crippen LogP contribution is 2.50. The summed E-state index contributed by atoms with van der Waals surface area (Å²) in [6.07, 6.45) is 7.37. The average molecular weight is 429 g/mol. The molecule has 170 valence electrons. The minimum absolute atomic E-state index is 0.0182. The van der Waals surface area contributed by atoms with Gasteiger partial charge in [-0.05, 0) is 78.0 Å². The molecule has 0 spiro atoms. The van der Waals surface area contributed by atoms with Gasteiger partial charge < -0.3 is 5.11 Å². The van der Waals surface area contributed by atoms with Crippen LogP contribution in [-0.2, 0) is 10.8 Å². The van der Waals surface area contributed by atoms with Gasteiger partial charge in [0.25, 0.3) is 0 Å². The van der Waals surface area contributed by atoms with Crippen LogP contribution in [0.5, 0.6) is 5.75 Å². The molecule has 0 aromatic heterocycles. The Bertz CT molecular complexity index is 1060. The van der Waals surface area contributed by atoms with E-state index in [4.69, 9.17) is 0 Å². The zero-order chi connectivity index (χ0) is 23.4. The minimum Gasteiger partial charge on any atom is -0.507 e. The van der Waals surface area contributed by atoms with Crippen molar-refractivity contribution in [1.82, 2.24) is 0 Å². The zero-order valence-corrected chi connectivity index (χ0v) is 21.2. The second-order valence-electron chi connectivity index (χ2n) is 12.2. The first-order chi connectivity index (χ1) is 14.9. The third kappa shape index (κ3) is 4.19. The number of fused-ring (bicyclic) bond motifs is 1. The first kappa shape index (κ1) is 22.9. The Morgan fingerprint density at radius 3 is 1.84 bits per heavy atom. The molecule has 0 amide bonds. The van der Waals surface area contributed by atoms with Crippen molar-refractivity contribution >= 4 is 0 Å². The fourth-order valence-corrected chi connectivity index (χ4v) is 5.59. The van der Waals surface area contributed by atoms with Gasteiger partial charge in [0, 0.05) is 11.1 Å². The topological polar surface area (TPSA) is 20.2 Å². The Morgan fingerprint density at radius 1 is 0.750 bits per heavy atom. The van der Waals surface area contributed by atoms with Crippen molar-refractivity contribution < 1.29 is 5.11 Å². The summed E-state index contributed by atoms with van der Waals surface area (Å²) >= 11 is 0. The van der Waals surface area contributed by atoms with E-state index in [2.05, 4.69) is 104 Å². The molecule has 0 aliphatic heterocycles. The van der Waals surface area contributed by atoms with Gasteiger partial charge in [0.05, 0.1) is 0 Å². The Balaban J connectivity index is 1.83. The van der Waals surface area contributed by atoms with Gasteiger partial charge in [-0.15, -0.1) is 0 Å². The lowest BCUT2D eigenvalue weighted by Crippen LogP contribution is -2.17. The molecule has 32 heavy (non-hydrogen) atoms. The van der Waals surface area contributed by atoms with Crippen LogP contribution in [0, 0.1) is 11.8 Å². The predicted molar refractivity (Wildman–Crippen MR) is 137 cm³/mol. The van der Waals surface area contributed by atoms with Crippen LogP contribution in [0.25, 0.3) is 11.1 Å². The third-order valence-corrected chi connectivity index (χ3v) is 7.69. The molecular weight excluding hydrogens is 388 g/mol. The highest BCUT2D eigenvalue weighted by atomic mass is 16.3. The fraction of sp³-hybridized carbons (Fsp3) is 0.484. The molecule has 0 bridgehead atoms. The van der Waals surface area contributed by atoms with Gasteiger partial charge >= 0.3 is 0 Å². The van der Waals surface area contributed by atoms with Crippen LogP contribution in [0.1, 0.15) is 90.8 Å². The van der Waals surface area contributed by atoms with Crippen molar-refractivity contribution in [3.8, 4) is 16.9 Å².